The van der Waals surface area contributed by atoms with Crippen LogP contribution in [0.15, 0.2) is 18.3 Å². The molecule has 72 valence electrons. The van der Waals surface area contributed by atoms with Crippen LogP contribution >= 0.6 is 0 Å². The van der Waals surface area contributed by atoms with Crippen LogP contribution in [0, 0.1) is 0 Å². The van der Waals surface area contributed by atoms with E-state index in [2.05, 4.69) is 30.7 Å². The highest BCUT2D eigenvalue weighted by Gasteiger charge is 2.18. The minimum absolute atomic E-state index is 0.0702. The van der Waals surface area contributed by atoms with E-state index in [1.807, 2.05) is 13.1 Å². The Morgan fingerprint density at radius 2 is 2.00 bits per heavy atom. The Hall–Kier alpha value is -1.25. The van der Waals surface area contributed by atoms with Crippen LogP contribution in [0.3, 0.4) is 0 Å². The summed E-state index contributed by atoms with van der Waals surface area (Å²) in [6, 6.07) is 3.67. The summed E-state index contributed by atoms with van der Waals surface area (Å²) in [6.45, 7) is 6.41. The van der Waals surface area contributed by atoms with E-state index in [0.29, 0.717) is 0 Å². The second-order valence-corrected chi connectivity index (χ2v) is 4.18. The Labute approximate surface area is 79.6 Å². The smallest absolute Gasteiger partial charge is 0.130 e. The second kappa shape index (κ2) is 3.24. The van der Waals surface area contributed by atoms with Crippen molar-refractivity contribution in [2.45, 2.75) is 26.3 Å². The molecule has 3 heteroatoms. The van der Waals surface area contributed by atoms with Gasteiger partial charge in [-0.05, 0) is 26.8 Å². The molecule has 0 fully saturated rings. The molecule has 0 saturated carbocycles. The molecule has 13 heavy (non-hydrogen) atoms. The van der Waals surface area contributed by atoms with E-state index in [1.165, 1.54) is 0 Å². The molecule has 0 amide bonds. The van der Waals surface area contributed by atoms with Crippen LogP contribution in [0.2, 0.25) is 0 Å². The van der Waals surface area contributed by atoms with Gasteiger partial charge in [0.15, 0.2) is 0 Å². The van der Waals surface area contributed by atoms with Gasteiger partial charge in [0, 0.05) is 30.5 Å². The lowest BCUT2D eigenvalue weighted by Gasteiger charge is -2.33. The SMILES string of the molecule is CN(c1cc(N)ccn1)C(C)(C)C. The van der Waals surface area contributed by atoms with Crippen molar-refractivity contribution in [2.24, 2.45) is 0 Å². The fourth-order valence-corrected chi connectivity index (χ4v) is 0.961. The lowest BCUT2D eigenvalue weighted by molar-refractivity contribution is 0.534. The van der Waals surface area contributed by atoms with Crippen LogP contribution in [0.5, 0.6) is 0 Å². The van der Waals surface area contributed by atoms with E-state index in [1.54, 1.807) is 12.3 Å². The van der Waals surface area contributed by atoms with Gasteiger partial charge in [-0.2, -0.15) is 0 Å². The Balaban J connectivity index is 2.96. The van der Waals surface area contributed by atoms with Crippen LogP contribution in [-0.4, -0.2) is 17.6 Å². The first kappa shape index (κ1) is 9.84. The van der Waals surface area contributed by atoms with Gasteiger partial charge in [0.1, 0.15) is 5.82 Å². The zero-order valence-electron chi connectivity index (χ0n) is 8.70. The fourth-order valence-electron chi connectivity index (χ4n) is 0.961. The molecule has 0 atom stereocenters. The zero-order chi connectivity index (χ0) is 10.1. The molecule has 1 aromatic heterocycles. The number of nitrogen functional groups attached to an aromatic ring is 1. The molecular formula is C10H17N3. The minimum Gasteiger partial charge on any atom is -0.399 e. The summed E-state index contributed by atoms with van der Waals surface area (Å²) in [5.41, 5.74) is 6.49. The predicted molar refractivity (Wildman–Crippen MR) is 56.8 cm³/mol. The third-order valence-electron chi connectivity index (χ3n) is 2.12. The van der Waals surface area contributed by atoms with Crippen molar-refractivity contribution >= 4 is 11.5 Å². The van der Waals surface area contributed by atoms with E-state index < -0.39 is 0 Å². The summed E-state index contributed by atoms with van der Waals surface area (Å²) < 4.78 is 0. The van der Waals surface area contributed by atoms with Crippen molar-refractivity contribution in [2.75, 3.05) is 17.7 Å². The van der Waals surface area contributed by atoms with Crippen molar-refractivity contribution < 1.29 is 0 Å². The quantitative estimate of drug-likeness (QED) is 0.716. The molecule has 0 saturated heterocycles. The van der Waals surface area contributed by atoms with Gasteiger partial charge in [-0.15, -0.1) is 0 Å². The number of nitrogens with zero attached hydrogens (tertiary/aromatic N) is 2. The fraction of sp³-hybridized carbons (Fsp3) is 0.500. The maximum absolute atomic E-state index is 5.67. The van der Waals surface area contributed by atoms with Crippen LogP contribution in [0.4, 0.5) is 11.5 Å². The lowest BCUT2D eigenvalue weighted by atomic mass is 10.1. The van der Waals surface area contributed by atoms with Gasteiger partial charge in [-0.25, -0.2) is 4.98 Å². The first-order valence-electron chi connectivity index (χ1n) is 4.36. The highest BCUT2D eigenvalue weighted by molar-refractivity contribution is 5.50. The van der Waals surface area contributed by atoms with Gasteiger partial charge in [0.2, 0.25) is 0 Å². The maximum Gasteiger partial charge on any atom is 0.130 e. The van der Waals surface area contributed by atoms with Crippen molar-refractivity contribution in [1.82, 2.24) is 4.98 Å². The maximum atomic E-state index is 5.67. The van der Waals surface area contributed by atoms with Crippen molar-refractivity contribution in [3.05, 3.63) is 18.3 Å². The van der Waals surface area contributed by atoms with Gasteiger partial charge in [-0.1, -0.05) is 0 Å². The van der Waals surface area contributed by atoms with Gasteiger partial charge < -0.3 is 10.6 Å². The number of hydrogen-bond donors (Lipinski definition) is 1. The standard InChI is InChI=1S/C10H17N3/c1-10(2,3)13(4)9-7-8(11)5-6-12-9/h5-7H,1-4H3,(H2,11,12). The Morgan fingerprint density at radius 1 is 1.38 bits per heavy atom. The minimum atomic E-state index is 0.0702. The van der Waals surface area contributed by atoms with Crippen molar-refractivity contribution in [3.8, 4) is 0 Å². The van der Waals surface area contributed by atoms with Gasteiger partial charge in [-0.3, -0.25) is 0 Å². The molecule has 0 radical (unpaired) electrons. The van der Waals surface area contributed by atoms with E-state index in [4.69, 9.17) is 5.73 Å². The van der Waals surface area contributed by atoms with Crippen molar-refractivity contribution in [3.63, 3.8) is 0 Å². The third-order valence-corrected chi connectivity index (χ3v) is 2.12. The Kier molecular flexibility index (Phi) is 2.45. The first-order chi connectivity index (χ1) is 5.91. The molecule has 0 aromatic carbocycles. The van der Waals surface area contributed by atoms with Gasteiger partial charge in [0.05, 0.1) is 0 Å². The van der Waals surface area contributed by atoms with Crippen LogP contribution in [0.1, 0.15) is 20.8 Å². The molecule has 0 aliphatic heterocycles. The Morgan fingerprint density at radius 3 is 2.46 bits per heavy atom. The van der Waals surface area contributed by atoms with Gasteiger partial charge in [0.25, 0.3) is 0 Å². The molecule has 0 aliphatic carbocycles. The number of nitrogens with two attached hydrogens (primary N) is 1. The number of anilines is 2. The van der Waals surface area contributed by atoms with Crippen molar-refractivity contribution in [1.29, 1.82) is 0 Å². The monoisotopic (exact) mass is 179 g/mol. The molecule has 0 aliphatic rings. The number of hydrogen-bond acceptors (Lipinski definition) is 3. The first-order valence-corrected chi connectivity index (χ1v) is 4.36. The topological polar surface area (TPSA) is 42.1 Å². The number of rotatable bonds is 1. The number of pyridine rings is 1. The molecule has 0 unspecified atom stereocenters. The van der Waals surface area contributed by atoms with Crippen LogP contribution < -0.4 is 10.6 Å². The van der Waals surface area contributed by atoms with E-state index >= 15 is 0 Å². The average Bonchev–Trinajstić information content (AvgIpc) is 2.01. The van der Waals surface area contributed by atoms with E-state index in [9.17, 15) is 0 Å². The normalized spacial score (nSPS) is 11.4. The Bertz CT molecular complexity index is 288. The largest absolute Gasteiger partial charge is 0.399 e. The van der Waals surface area contributed by atoms with Crippen LogP contribution in [0.25, 0.3) is 0 Å². The summed E-state index contributed by atoms with van der Waals surface area (Å²) >= 11 is 0. The van der Waals surface area contributed by atoms with Gasteiger partial charge >= 0.3 is 0 Å². The molecule has 1 rings (SSSR count). The van der Waals surface area contributed by atoms with E-state index in [0.717, 1.165) is 11.5 Å². The highest BCUT2D eigenvalue weighted by Crippen LogP contribution is 2.20. The zero-order valence-corrected chi connectivity index (χ0v) is 8.70. The second-order valence-electron chi connectivity index (χ2n) is 4.18. The molecule has 2 N–H and O–H groups in total. The summed E-state index contributed by atoms with van der Waals surface area (Å²) in [7, 11) is 2.02. The summed E-state index contributed by atoms with van der Waals surface area (Å²) in [4.78, 5) is 6.35. The third kappa shape index (κ3) is 2.34. The lowest BCUT2D eigenvalue weighted by Crippen LogP contribution is -2.38. The molecular weight excluding hydrogens is 162 g/mol. The summed E-state index contributed by atoms with van der Waals surface area (Å²) in [5.74, 6) is 0.910. The predicted octanol–water partition coefficient (Wildman–Crippen LogP) is 1.90. The molecule has 3 nitrogen and oxygen atoms in total. The van der Waals surface area contributed by atoms with E-state index in [-0.39, 0.29) is 5.54 Å². The molecule has 0 bridgehead atoms. The molecule has 0 spiro atoms. The highest BCUT2D eigenvalue weighted by atomic mass is 15.2. The molecule has 1 heterocycles. The van der Waals surface area contributed by atoms with Crippen LogP contribution in [-0.2, 0) is 0 Å². The summed E-state index contributed by atoms with van der Waals surface area (Å²) in [5, 5.41) is 0. The molecule has 1 aromatic rings. The number of aromatic nitrogens is 1. The summed E-state index contributed by atoms with van der Waals surface area (Å²) in [6.07, 6.45) is 1.73. The average molecular weight is 179 g/mol.